The minimum absolute atomic E-state index is 0.677. The molecule has 0 aliphatic rings. The number of benzene rings is 3. The molecule has 0 fully saturated rings. The zero-order valence-electron chi connectivity index (χ0n) is 13.2. The molecule has 0 unspecified atom stereocenters. The monoisotopic (exact) mass is 376 g/mol. The van der Waals surface area contributed by atoms with E-state index in [1.165, 1.54) is 11.1 Å². The molecule has 24 heavy (non-hydrogen) atoms. The van der Waals surface area contributed by atoms with Crippen molar-refractivity contribution in [1.82, 2.24) is 0 Å². The average molecular weight is 377 g/mol. The van der Waals surface area contributed by atoms with Gasteiger partial charge in [-0.3, -0.25) is 0 Å². The molecule has 0 aliphatic carbocycles. The molecule has 0 heterocycles. The highest BCUT2D eigenvalue weighted by molar-refractivity contribution is 9.10. The zero-order valence-corrected chi connectivity index (χ0v) is 14.8. The Balaban J connectivity index is 1.97. The molecule has 0 N–H and O–H groups in total. The molecule has 3 heteroatoms. The predicted molar refractivity (Wildman–Crippen MR) is 102 cm³/mol. The Kier molecular flexibility index (Phi) is 5.30. The molecular weight excluding hydrogens is 360 g/mol. The van der Waals surface area contributed by atoms with Crippen molar-refractivity contribution in [2.45, 2.75) is 13.1 Å². The summed E-state index contributed by atoms with van der Waals surface area (Å²) < 4.78 is 0.919. The number of hydrogen-bond acceptors (Lipinski definition) is 2. The summed E-state index contributed by atoms with van der Waals surface area (Å²) in [6.07, 6.45) is 0. The van der Waals surface area contributed by atoms with Crippen LogP contribution in [0, 0.1) is 11.3 Å². The first-order chi connectivity index (χ1) is 11.8. The molecule has 0 atom stereocenters. The average Bonchev–Trinajstić information content (AvgIpc) is 2.63. The Hall–Kier alpha value is -2.57. The largest absolute Gasteiger partial charge is 0.362 e. The Bertz CT molecular complexity index is 797. The molecule has 0 bridgehead atoms. The van der Waals surface area contributed by atoms with Crippen molar-refractivity contribution in [2.75, 3.05) is 4.90 Å². The summed E-state index contributed by atoms with van der Waals surface area (Å²) in [5, 5.41) is 9.53. The fourth-order valence-corrected chi connectivity index (χ4v) is 3.07. The van der Waals surface area contributed by atoms with Crippen LogP contribution in [0.3, 0.4) is 0 Å². The lowest BCUT2D eigenvalue weighted by Gasteiger charge is -2.26. The summed E-state index contributed by atoms with van der Waals surface area (Å²) in [5.41, 5.74) is 4.07. The van der Waals surface area contributed by atoms with Crippen LogP contribution in [0.1, 0.15) is 16.7 Å². The molecule has 118 valence electrons. The normalized spacial score (nSPS) is 10.2. The van der Waals surface area contributed by atoms with E-state index >= 15 is 0 Å². The maximum atomic E-state index is 9.53. The molecule has 0 amide bonds. The minimum Gasteiger partial charge on any atom is -0.362 e. The summed E-state index contributed by atoms with van der Waals surface area (Å²) in [4.78, 5) is 2.25. The maximum absolute atomic E-state index is 9.53. The summed E-state index contributed by atoms with van der Waals surface area (Å²) >= 11 is 3.45. The standard InChI is InChI=1S/C21H17BrN2/c22-20-11-12-21(19(13-20)14-23)24(15-17-7-3-1-4-8-17)16-18-9-5-2-6-10-18/h1-13H,15-16H2. The van der Waals surface area contributed by atoms with Crippen LogP contribution >= 0.6 is 15.9 Å². The quantitative estimate of drug-likeness (QED) is 0.585. The molecule has 0 radical (unpaired) electrons. The van der Waals surface area contributed by atoms with Crippen LogP contribution in [0.4, 0.5) is 5.69 Å². The molecular formula is C21H17BrN2. The first kappa shape index (κ1) is 16.3. The highest BCUT2D eigenvalue weighted by Gasteiger charge is 2.13. The highest BCUT2D eigenvalue weighted by Crippen LogP contribution is 2.27. The van der Waals surface area contributed by atoms with Gasteiger partial charge in [0.15, 0.2) is 0 Å². The van der Waals surface area contributed by atoms with Gasteiger partial charge in [0, 0.05) is 17.6 Å². The second-order valence-electron chi connectivity index (χ2n) is 5.60. The molecule has 3 aromatic carbocycles. The van der Waals surface area contributed by atoms with E-state index in [0.29, 0.717) is 5.56 Å². The molecule has 0 spiro atoms. The minimum atomic E-state index is 0.677. The third-order valence-electron chi connectivity index (χ3n) is 3.85. The van der Waals surface area contributed by atoms with E-state index in [1.54, 1.807) is 0 Å². The van der Waals surface area contributed by atoms with Crippen molar-refractivity contribution in [3.05, 3.63) is 100 Å². The fraction of sp³-hybridized carbons (Fsp3) is 0.0952. The molecule has 3 rings (SSSR count). The van der Waals surface area contributed by atoms with Gasteiger partial charge in [0.25, 0.3) is 0 Å². The topological polar surface area (TPSA) is 27.0 Å². The van der Waals surface area contributed by atoms with Crippen LogP contribution in [-0.2, 0) is 13.1 Å². The maximum Gasteiger partial charge on any atom is 0.101 e. The van der Waals surface area contributed by atoms with E-state index in [2.05, 4.69) is 51.2 Å². The summed E-state index contributed by atoms with van der Waals surface area (Å²) in [5.74, 6) is 0. The Morgan fingerprint density at radius 1 is 0.792 bits per heavy atom. The van der Waals surface area contributed by atoms with E-state index in [4.69, 9.17) is 0 Å². The number of rotatable bonds is 5. The van der Waals surface area contributed by atoms with E-state index in [-0.39, 0.29) is 0 Å². The number of nitriles is 1. The van der Waals surface area contributed by atoms with Gasteiger partial charge < -0.3 is 4.90 Å². The SMILES string of the molecule is N#Cc1cc(Br)ccc1N(Cc1ccccc1)Cc1ccccc1. The predicted octanol–water partition coefficient (Wildman–Crippen LogP) is 5.53. The number of halogens is 1. The fourth-order valence-electron chi connectivity index (χ4n) is 2.71. The van der Waals surface area contributed by atoms with Gasteiger partial charge in [-0.2, -0.15) is 5.26 Å². The van der Waals surface area contributed by atoms with Crippen LogP contribution in [0.2, 0.25) is 0 Å². The van der Waals surface area contributed by atoms with Crippen molar-refractivity contribution in [3.8, 4) is 6.07 Å². The molecule has 2 nitrogen and oxygen atoms in total. The van der Waals surface area contributed by atoms with Gasteiger partial charge in [0.1, 0.15) is 6.07 Å². The molecule has 0 saturated heterocycles. The van der Waals surface area contributed by atoms with Crippen LogP contribution < -0.4 is 4.90 Å². The lowest BCUT2D eigenvalue weighted by molar-refractivity contribution is 0.798. The van der Waals surface area contributed by atoms with Crippen molar-refractivity contribution in [3.63, 3.8) is 0 Å². The third kappa shape index (κ3) is 4.04. The zero-order chi connectivity index (χ0) is 16.8. The van der Waals surface area contributed by atoms with Gasteiger partial charge in [0.2, 0.25) is 0 Å². The first-order valence-corrected chi connectivity index (χ1v) is 8.58. The third-order valence-corrected chi connectivity index (χ3v) is 4.35. The highest BCUT2D eigenvalue weighted by atomic mass is 79.9. The Labute approximate surface area is 151 Å². The first-order valence-electron chi connectivity index (χ1n) is 7.79. The van der Waals surface area contributed by atoms with E-state index in [9.17, 15) is 5.26 Å². The molecule has 0 aliphatic heterocycles. The second kappa shape index (κ2) is 7.81. The molecule has 0 saturated carbocycles. The van der Waals surface area contributed by atoms with E-state index in [0.717, 1.165) is 23.2 Å². The lowest BCUT2D eigenvalue weighted by atomic mass is 10.1. The molecule has 3 aromatic rings. The lowest BCUT2D eigenvalue weighted by Crippen LogP contribution is -2.23. The summed E-state index contributed by atoms with van der Waals surface area (Å²) in [7, 11) is 0. The van der Waals surface area contributed by atoms with Crippen molar-refractivity contribution >= 4 is 21.6 Å². The number of hydrogen-bond donors (Lipinski definition) is 0. The smallest absolute Gasteiger partial charge is 0.101 e. The van der Waals surface area contributed by atoms with Crippen LogP contribution in [0.5, 0.6) is 0 Å². The summed E-state index contributed by atoms with van der Waals surface area (Å²) in [6.45, 7) is 1.51. The Morgan fingerprint density at radius 3 is 1.83 bits per heavy atom. The second-order valence-corrected chi connectivity index (χ2v) is 6.52. The van der Waals surface area contributed by atoms with Crippen molar-refractivity contribution < 1.29 is 0 Å². The van der Waals surface area contributed by atoms with Gasteiger partial charge in [-0.25, -0.2) is 0 Å². The van der Waals surface area contributed by atoms with Crippen molar-refractivity contribution in [2.24, 2.45) is 0 Å². The Morgan fingerprint density at radius 2 is 1.33 bits per heavy atom. The van der Waals surface area contributed by atoms with E-state index < -0.39 is 0 Å². The molecule has 0 aromatic heterocycles. The van der Waals surface area contributed by atoms with Gasteiger partial charge in [-0.15, -0.1) is 0 Å². The van der Waals surface area contributed by atoms with Gasteiger partial charge >= 0.3 is 0 Å². The van der Waals surface area contributed by atoms with Gasteiger partial charge in [-0.1, -0.05) is 76.6 Å². The van der Waals surface area contributed by atoms with Crippen molar-refractivity contribution in [1.29, 1.82) is 5.26 Å². The number of anilines is 1. The van der Waals surface area contributed by atoms with Crippen LogP contribution in [-0.4, -0.2) is 0 Å². The van der Waals surface area contributed by atoms with Gasteiger partial charge in [-0.05, 0) is 29.3 Å². The van der Waals surface area contributed by atoms with Crippen LogP contribution in [0.25, 0.3) is 0 Å². The van der Waals surface area contributed by atoms with E-state index in [1.807, 2.05) is 54.6 Å². The summed E-state index contributed by atoms with van der Waals surface area (Å²) in [6, 6.07) is 28.9. The van der Waals surface area contributed by atoms with Crippen LogP contribution in [0.15, 0.2) is 83.3 Å². The number of nitrogens with zero attached hydrogens (tertiary/aromatic N) is 2. The van der Waals surface area contributed by atoms with Gasteiger partial charge in [0.05, 0.1) is 11.3 Å².